The highest BCUT2D eigenvalue weighted by Crippen LogP contribution is 2.36. The predicted octanol–water partition coefficient (Wildman–Crippen LogP) is 2.20. The Hall–Kier alpha value is -0.950. The summed E-state index contributed by atoms with van der Waals surface area (Å²) in [4.78, 5) is 21.7. The van der Waals surface area contributed by atoms with Gasteiger partial charge in [-0.1, -0.05) is 12.8 Å². The minimum atomic E-state index is -0.0595. The van der Waals surface area contributed by atoms with Gasteiger partial charge in [0.1, 0.15) is 0 Å². The van der Waals surface area contributed by atoms with Gasteiger partial charge < -0.3 is 15.0 Å². The second-order valence-electron chi connectivity index (χ2n) is 7.97. The van der Waals surface area contributed by atoms with Crippen molar-refractivity contribution >= 4 is 23.7 Å². The molecule has 3 fully saturated rings. The van der Waals surface area contributed by atoms with Crippen molar-refractivity contribution in [2.24, 2.45) is 10.9 Å². The largest absolute Gasteiger partial charge is 0.466 e. The Kier molecular flexibility index (Phi) is 7.70. The number of nitrogens with zero attached hydrogens (tertiary/aromatic N) is 3. The molecule has 0 bridgehead atoms. The third kappa shape index (κ3) is 5.11. The molecule has 7 heteroatoms. The van der Waals surface area contributed by atoms with E-state index in [-0.39, 0.29) is 17.4 Å². The average molecular weight is 397 g/mol. The van der Waals surface area contributed by atoms with Crippen LogP contribution in [0.15, 0.2) is 4.99 Å². The highest BCUT2D eigenvalue weighted by molar-refractivity contribution is 7.99. The van der Waals surface area contributed by atoms with Crippen molar-refractivity contribution in [2.45, 2.75) is 51.0 Å². The van der Waals surface area contributed by atoms with Crippen LogP contribution in [-0.4, -0.2) is 85.2 Å². The summed E-state index contributed by atoms with van der Waals surface area (Å²) in [7, 11) is 1.86. The molecule has 3 aliphatic rings. The van der Waals surface area contributed by atoms with Crippen molar-refractivity contribution in [3.8, 4) is 0 Å². The van der Waals surface area contributed by atoms with Gasteiger partial charge in [-0.25, -0.2) is 0 Å². The minimum absolute atomic E-state index is 0.0307. The molecule has 1 N–H and O–H groups in total. The van der Waals surface area contributed by atoms with Crippen molar-refractivity contribution in [3.05, 3.63) is 0 Å². The normalized spacial score (nSPS) is 26.8. The first-order chi connectivity index (χ1) is 13.2. The minimum Gasteiger partial charge on any atom is -0.466 e. The van der Waals surface area contributed by atoms with Crippen LogP contribution in [0.25, 0.3) is 0 Å². The van der Waals surface area contributed by atoms with Crippen molar-refractivity contribution in [1.82, 2.24) is 15.1 Å². The number of ether oxygens (including phenoxy) is 1. The van der Waals surface area contributed by atoms with Crippen molar-refractivity contribution in [3.63, 3.8) is 0 Å². The van der Waals surface area contributed by atoms with Crippen molar-refractivity contribution < 1.29 is 9.53 Å². The molecule has 27 heavy (non-hydrogen) atoms. The number of nitrogens with one attached hydrogen (secondary N) is 1. The van der Waals surface area contributed by atoms with Gasteiger partial charge in [0.2, 0.25) is 0 Å². The average Bonchev–Trinajstić information content (AvgIpc) is 3.20. The van der Waals surface area contributed by atoms with E-state index in [1.165, 1.54) is 50.3 Å². The van der Waals surface area contributed by atoms with E-state index in [4.69, 9.17) is 4.74 Å². The Bertz CT molecular complexity index is 516. The monoisotopic (exact) mass is 396 g/mol. The Balaban J connectivity index is 1.59. The zero-order valence-electron chi connectivity index (χ0n) is 17.0. The molecule has 2 aliphatic heterocycles. The summed E-state index contributed by atoms with van der Waals surface area (Å²) >= 11 is 2.08. The molecule has 1 atom stereocenters. The van der Waals surface area contributed by atoms with Crippen LogP contribution in [0.1, 0.15) is 45.4 Å². The topological polar surface area (TPSA) is 57.2 Å². The van der Waals surface area contributed by atoms with Gasteiger partial charge in [0, 0.05) is 56.8 Å². The summed E-state index contributed by atoms with van der Waals surface area (Å²) in [5.74, 6) is 3.36. The molecule has 1 aliphatic carbocycles. The van der Waals surface area contributed by atoms with Crippen LogP contribution in [0, 0.1) is 5.92 Å². The van der Waals surface area contributed by atoms with Crippen molar-refractivity contribution in [2.75, 3.05) is 57.9 Å². The first-order valence-corrected chi connectivity index (χ1v) is 11.8. The first-order valence-electron chi connectivity index (χ1n) is 10.6. The fourth-order valence-corrected chi connectivity index (χ4v) is 5.78. The van der Waals surface area contributed by atoms with E-state index in [0.29, 0.717) is 13.2 Å². The van der Waals surface area contributed by atoms with Gasteiger partial charge in [-0.15, -0.1) is 0 Å². The van der Waals surface area contributed by atoms with Crippen LogP contribution >= 0.6 is 11.8 Å². The SMILES string of the molecule is CCOC(=O)C1CCCN(C(=NC)NCC2(N3CCSCC3)CCCC2)C1. The van der Waals surface area contributed by atoms with E-state index in [2.05, 4.69) is 31.9 Å². The maximum atomic E-state index is 12.2. The van der Waals surface area contributed by atoms with Gasteiger partial charge in [0.15, 0.2) is 5.96 Å². The van der Waals surface area contributed by atoms with Gasteiger partial charge in [-0.3, -0.25) is 14.7 Å². The number of likely N-dealkylation sites (tertiary alicyclic amines) is 1. The van der Waals surface area contributed by atoms with Gasteiger partial charge >= 0.3 is 5.97 Å². The molecule has 0 aromatic heterocycles. The summed E-state index contributed by atoms with van der Waals surface area (Å²) in [5, 5.41) is 3.69. The molecule has 6 nitrogen and oxygen atoms in total. The number of hydrogen-bond acceptors (Lipinski definition) is 5. The van der Waals surface area contributed by atoms with Crippen LogP contribution in [0.4, 0.5) is 0 Å². The zero-order chi connectivity index (χ0) is 19.1. The van der Waals surface area contributed by atoms with Crippen molar-refractivity contribution in [1.29, 1.82) is 0 Å². The Morgan fingerprint density at radius 1 is 1.22 bits per heavy atom. The molecule has 2 heterocycles. The van der Waals surface area contributed by atoms with Gasteiger partial charge in [0.25, 0.3) is 0 Å². The molecular formula is C20H36N4O2S. The molecule has 0 radical (unpaired) electrons. The fourth-order valence-electron chi connectivity index (χ4n) is 4.87. The lowest BCUT2D eigenvalue weighted by atomic mass is 9.94. The lowest BCUT2D eigenvalue weighted by Crippen LogP contribution is -2.58. The zero-order valence-corrected chi connectivity index (χ0v) is 17.9. The second kappa shape index (κ2) is 10.0. The Morgan fingerprint density at radius 3 is 2.63 bits per heavy atom. The lowest BCUT2D eigenvalue weighted by Gasteiger charge is -2.44. The molecule has 0 aromatic rings. The molecule has 0 amide bonds. The summed E-state index contributed by atoms with van der Waals surface area (Å²) in [6.45, 7) is 7.39. The van der Waals surface area contributed by atoms with E-state index < -0.39 is 0 Å². The summed E-state index contributed by atoms with van der Waals surface area (Å²) in [5.41, 5.74) is 0.285. The van der Waals surface area contributed by atoms with Crippen LogP contribution in [-0.2, 0) is 9.53 Å². The van der Waals surface area contributed by atoms with Gasteiger partial charge in [-0.2, -0.15) is 11.8 Å². The van der Waals surface area contributed by atoms with E-state index in [9.17, 15) is 4.79 Å². The number of thioether (sulfide) groups is 1. The molecule has 0 aromatic carbocycles. The van der Waals surface area contributed by atoms with Gasteiger partial charge in [-0.05, 0) is 32.6 Å². The van der Waals surface area contributed by atoms with E-state index in [0.717, 1.165) is 31.9 Å². The Labute approximate surface area is 168 Å². The third-order valence-corrected chi connectivity index (χ3v) is 7.29. The van der Waals surface area contributed by atoms with Crippen LogP contribution < -0.4 is 5.32 Å². The summed E-state index contributed by atoms with van der Waals surface area (Å²) < 4.78 is 5.25. The second-order valence-corrected chi connectivity index (χ2v) is 9.19. The molecule has 1 unspecified atom stereocenters. The number of rotatable bonds is 5. The first kappa shape index (κ1) is 20.8. The smallest absolute Gasteiger partial charge is 0.310 e. The van der Waals surface area contributed by atoms with E-state index in [1.54, 1.807) is 0 Å². The quantitative estimate of drug-likeness (QED) is 0.437. The summed E-state index contributed by atoms with van der Waals surface area (Å²) in [6, 6.07) is 0. The predicted molar refractivity (Wildman–Crippen MR) is 112 cm³/mol. The number of piperidine rings is 1. The molecule has 154 valence electrons. The fraction of sp³-hybridized carbons (Fsp3) is 0.900. The van der Waals surface area contributed by atoms with E-state index in [1.807, 2.05) is 14.0 Å². The summed E-state index contributed by atoms with van der Waals surface area (Å²) in [6.07, 6.45) is 7.16. The van der Waals surface area contributed by atoms with E-state index >= 15 is 0 Å². The lowest BCUT2D eigenvalue weighted by molar-refractivity contribution is -0.149. The maximum Gasteiger partial charge on any atom is 0.310 e. The molecule has 0 spiro atoms. The van der Waals surface area contributed by atoms with Crippen LogP contribution in [0.2, 0.25) is 0 Å². The number of hydrogen-bond donors (Lipinski definition) is 1. The standard InChI is InChI=1S/C20H36N4O2S/c1-3-26-18(25)17-7-6-10-23(15-17)19(21-2)22-16-20(8-4-5-9-20)24-11-13-27-14-12-24/h17H,3-16H2,1-2H3,(H,21,22). The molecule has 2 saturated heterocycles. The van der Waals surface area contributed by atoms with Gasteiger partial charge in [0.05, 0.1) is 12.5 Å². The number of carbonyl (C=O) groups is 1. The number of aliphatic imine (C=N–C) groups is 1. The van der Waals surface area contributed by atoms with Crippen LogP contribution in [0.5, 0.6) is 0 Å². The third-order valence-electron chi connectivity index (χ3n) is 6.34. The highest BCUT2D eigenvalue weighted by Gasteiger charge is 2.40. The highest BCUT2D eigenvalue weighted by atomic mass is 32.2. The Morgan fingerprint density at radius 2 is 1.96 bits per heavy atom. The molecule has 3 rings (SSSR count). The maximum absolute atomic E-state index is 12.2. The number of guanidine groups is 1. The number of carbonyl (C=O) groups excluding carboxylic acids is 1. The molecular weight excluding hydrogens is 360 g/mol. The van der Waals surface area contributed by atoms with Crippen LogP contribution in [0.3, 0.4) is 0 Å². The molecule has 1 saturated carbocycles. The number of esters is 1.